The van der Waals surface area contributed by atoms with E-state index in [2.05, 4.69) is 23.5 Å². The van der Waals surface area contributed by atoms with Crippen molar-refractivity contribution in [1.29, 1.82) is 0 Å². The zero-order valence-electron chi connectivity index (χ0n) is 16.0. The van der Waals surface area contributed by atoms with Crippen molar-refractivity contribution in [2.24, 2.45) is 5.92 Å². The maximum Gasteiger partial charge on any atom is 0.410 e. The van der Waals surface area contributed by atoms with Gasteiger partial charge in [0.05, 0.1) is 5.54 Å². The quantitative estimate of drug-likeness (QED) is 0.892. The number of carbonyl (C=O) groups excluding carboxylic acids is 2. The van der Waals surface area contributed by atoms with Gasteiger partial charge in [-0.2, -0.15) is 0 Å². The lowest BCUT2D eigenvalue weighted by molar-refractivity contribution is -0.133. The monoisotopic (exact) mass is 368 g/mol. The van der Waals surface area contributed by atoms with E-state index in [1.165, 1.54) is 42.4 Å². The van der Waals surface area contributed by atoms with Gasteiger partial charge in [0, 0.05) is 19.0 Å². The first-order chi connectivity index (χ1) is 13.1. The zero-order chi connectivity index (χ0) is 18.6. The minimum absolute atomic E-state index is 0.0171. The van der Waals surface area contributed by atoms with Crippen molar-refractivity contribution >= 4 is 12.0 Å². The van der Waals surface area contributed by atoms with Gasteiger partial charge in [0.1, 0.15) is 6.61 Å². The standard InChI is InChI=1S/C22H28N2O3/c1-23-20(25)18-11-22(12-18)13-27-21(26)24(22)19-9-17(10-19)16-7-6-14-4-2-3-5-15(14)8-16/h6-8,17-19H,2-5,9-13H2,1H3,(H,23,25). The lowest BCUT2D eigenvalue weighted by Crippen LogP contribution is -2.63. The van der Waals surface area contributed by atoms with E-state index in [9.17, 15) is 9.59 Å². The second-order valence-corrected chi connectivity index (χ2v) is 8.93. The molecule has 0 radical (unpaired) electrons. The highest BCUT2D eigenvalue weighted by Gasteiger charge is 2.60. The van der Waals surface area contributed by atoms with E-state index in [0.717, 1.165) is 25.7 Å². The molecule has 2 amide bonds. The molecule has 0 atom stereocenters. The minimum Gasteiger partial charge on any atom is -0.447 e. The SMILES string of the molecule is CNC(=O)C1CC2(COC(=O)N2C2CC(c3ccc4c(c3)CCCC4)C2)C1. The number of hydrogen-bond donors (Lipinski definition) is 1. The molecule has 1 saturated heterocycles. The second-order valence-electron chi connectivity index (χ2n) is 8.93. The molecule has 1 aromatic carbocycles. The molecule has 1 aliphatic heterocycles. The minimum atomic E-state index is -0.236. The molecule has 144 valence electrons. The lowest BCUT2D eigenvalue weighted by Gasteiger charge is -2.53. The molecular weight excluding hydrogens is 340 g/mol. The summed E-state index contributed by atoms with van der Waals surface area (Å²) in [6, 6.07) is 7.29. The van der Waals surface area contributed by atoms with Gasteiger partial charge in [0.2, 0.25) is 5.91 Å². The van der Waals surface area contributed by atoms with Gasteiger partial charge in [-0.05, 0) is 74.0 Å². The van der Waals surface area contributed by atoms with Gasteiger partial charge in [-0.3, -0.25) is 9.69 Å². The molecule has 2 saturated carbocycles. The van der Waals surface area contributed by atoms with Crippen LogP contribution in [0.25, 0.3) is 0 Å². The number of cyclic esters (lactones) is 1. The molecule has 4 aliphatic rings. The summed E-state index contributed by atoms with van der Waals surface area (Å²) in [6.07, 6.45) is 8.36. The van der Waals surface area contributed by atoms with E-state index in [1.807, 2.05) is 4.90 Å². The van der Waals surface area contributed by atoms with Crippen LogP contribution in [0.4, 0.5) is 4.79 Å². The number of rotatable bonds is 3. The molecule has 5 heteroatoms. The summed E-state index contributed by atoms with van der Waals surface area (Å²) in [7, 11) is 1.68. The first kappa shape index (κ1) is 17.1. The summed E-state index contributed by atoms with van der Waals surface area (Å²) in [6.45, 7) is 0.444. The van der Waals surface area contributed by atoms with Gasteiger partial charge in [-0.1, -0.05) is 18.2 Å². The van der Waals surface area contributed by atoms with Crippen LogP contribution in [0.1, 0.15) is 61.1 Å². The third kappa shape index (κ3) is 2.66. The Morgan fingerprint density at radius 1 is 1.19 bits per heavy atom. The highest BCUT2D eigenvalue weighted by atomic mass is 16.6. The summed E-state index contributed by atoms with van der Waals surface area (Å²) >= 11 is 0. The highest BCUT2D eigenvalue weighted by molar-refractivity contribution is 5.81. The van der Waals surface area contributed by atoms with E-state index in [4.69, 9.17) is 4.74 Å². The second kappa shape index (κ2) is 6.25. The number of nitrogens with zero attached hydrogens (tertiary/aromatic N) is 1. The van der Waals surface area contributed by atoms with Crippen molar-refractivity contribution in [3.05, 3.63) is 34.9 Å². The van der Waals surface area contributed by atoms with Crippen LogP contribution in [0, 0.1) is 5.92 Å². The van der Waals surface area contributed by atoms with Crippen LogP contribution in [0.5, 0.6) is 0 Å². The van der Waals surface area contributed by atoms with Crippen LogP contribution in [0.3, 0.4) is 0 Å². The van der Waals surface area contributed by atoms with Gasteiger partial charge >= 0.3 is 6.09 Å². The van der Waals surface area contributed by atoms with Gasteiger partial charge in [-0.15, -0.1) is 0 Å². The van der Waals surface area contributed by atoms with Crippen molar-refractivity contribution in [1.82, 2.24) is 10.2 Å². The van der Waals surface area contributed by atoms with Crippen molar-refractivity contribution < 1.29 is 14.3 Å². The average Bonchev–Trinajstić information content (AvgIpc) is 2.96. The Balaban J connectivity index is 1.26. The molecule has 5 rings (SSSR count). The molecule has 3 fully saturated rings. The fraction of sp³-hybridized carbons (Fsp3) is 0.636. The molecule has 0 unspecified atom stereocenters. The van der Waals surface area contributed by atoms with Gasteiger partial charge in [0.25, 0.3) is 0 Å². The fourth-order valence-electron chi connectivity index (χ4n) is 5.70. The predicted octanol–water partition coefficient (Wildman–Crippen LogP) is 3.16. The number of amides is 2. The Morgan fingerprint density at radius 2 is 1.93 bits per heavy atom. The molecule has 27 heavy (non-hydrogen) atoms. The summed E-state index contributed by atoms with van der Waals surface area (Å²) in [5, 5.41) is 2.73. The molecule has 3 aliphatic carbocycles. The maximum absolute atomic E-state index is 12.4. The zero-order valence-corrected chi connectivity index (χ0v) is 16.0. The third-order valence-electron chi connectivity index (χ3n) is 7.36. The Labute approximate surface area is 160 Å². The van der Waals surface area contributed by atoms with Crippen LogP contribution in [-0.4, -0.2) is 42.1 Å². The van der Waals surface area contributed by atoms with Crippen LogP contribution in [-0.2, 0) is 22.4 Å². The molecule has 0 aromatic heterocycles. The van der Waals surface area contributed by atoms with E-state index in [-0.39, 0.29) is 29.5 Å². The molecular formula is C22H28N2O3. The Bertz CT molecular complexity index is 778. The lowest BCUT2D eigenvalue weighted by atomic mass is 9.65. The number of nitrogens with one attached hydrogen (secondary N) is 1. The Kier molecular flexibility index (Phi) is 3.95. The Hall–Kier alpha value is -2.04. The Morgan fingerprint density at radius 3 is 2.67 bits per heavy atom. The van der Waals surface area contributed by atoms with Crippen molar-refractivity contribution in [2.75, 3.05) is 13.7 Å². The summed E-state index contributed by atoms with van der Waals surface area (Å²) in [4.78, 5) is 26.3. The number of ether oxygens (including phenoxy) is 1. The van der Waals surface area contributed by atoms with Gasteiger partial charge < -0.3 is 10.1 Å². The molecule has 1 spiro atoms. The highest BCUT2D eigenvalue weighted by Crippen LogP contribution is 2.52. The fourth-order valence-corrected chi connectivity index (χ4v) is 5.70. The maximum atomic E-state index is 12.4. The van der Waals surface area contributed by atoms with E-state index in [0.29, 0.717) is 12.5 Å². The number of fused-ring (bicyclic) bond motifs is 1. The number of benzene rings is 1. The van der Waals surface area contributed by atoms with Crippen LogP contribution in [0.15, 0.2) is 18.2 Å². The largest absolute Gasteiger partial charge is 0.447 e. The molecule has 0 bridgehead atoms. The van der Waals surface area contributed by atoms with Gasteiger partial charge in [0.15, 0.2) is 0 Å². The van der Waals surface area contributed by atoms with E-state index in [1.54, 1.807) is 7.05 Å². The number of carbonyl (C=O) groups is 2. The van der Waals surface area contributed by atoms with Crippen LogP contribution in [0.2, 0.25) is 0 Å². The molecule has 1 aromatic rings. The molecule has 1 heterocycles. The number of hydrogen-bond acceptors (Lipinski definition) is 3. The predicted molar refractivity (Wildman–Crippen MR) is 102 cm³/mol. The third-order valence-corrected chi connectivity index (χ3v) is 7.36. The van der Waals surface area contributed by atoms with Gasteiger partial charge in [-0.25, -0.2) is 4.79 Å². The summed E-state index contributed by atoms with van der Waals surface area (Å²) < 4.78 is 5.41. The normalized spacial score (nSPS) is 34.5. The van der Waals surface area contributed by atoms with Crippen LogP contribution < -0.4 is 5.32 Å². The summed E-state index contributed by atoms with van der Waals surface area (Å²) in [5.41, 5.74) is 4.26. The van der Waals surface area contributed by atoms with E-state index >= 15 is 0 Å². The molecule has 1 N–H and O–H groups in total. The van der Waals surface area contributed by atoms with E-state index < -0.39 is 0 Å². The summed E-state index contributed by atoms with van der Waals surface area (Å²) in [5.74, 6) is 0.645. The van der Waals surface area contributed by atoms with Crippen LogP contribution >= 0.6 is 0 Å². The van der Waals surface area contributed by atoms with Crippen molar-refractivity contribution in [3.63, 3.8) is 0 Å². The first-order valence-electron chi connectivity index (χ1n) is 10.4. The van der Waals surface area contributed by atoms with Crippen molar-refractivity contribution in [2.45, 2.75) is 68.9 Å². The number of aryl methyl sites for hydroxylation is 2. The first-order valence-corrected chi connectivity index (χ1v) is 10.4. The molecule has 5 nitrogen and oxygen atoms in total. The smallest absolute Gasteiger partial charge is 0.410 e. The average molecular weight is 368 g/mol. The topological polar surface area (TPSA) is 58.6 Å². The van der Waals surface area contributed by atoms with Crippen molar-refractivity contribution in [3.8, 4) is 0 Å².